The molecule has 0 radical (unpaired) electrons. The number of halogens is 2. The molecule has 0 aliphatic carbocycles. The number of fused-ring (bicyclic) bond motifs is 2. The van der Waals surface area contributed by atoms with Gasteiger partial charge in [-0.25, -0.2) is 32.3 Å². The van der Waals surface area contributed by atoms with Crippen molar-refractivity contribution in [3.8, 4) is 10.0 Å². The first-order valence-corrected chi connectivity index (χ1v) is 25.2. The van der Waals surface area contributed by atoms with Crippen molar-refractivity contribution in [2.45, 2.75) is 133 Å². The lowest BCUT2D eigenvalue weighted by Gasteiger charge is -2.27. The fraction of sp³-hybridized carbons (Fsp3) is 0.412. The van der Waals surface area contributed by atoms with Crippen LogP contribution >= 0.6 is 22.7 Å². The third-order valence-corrected chi connectivity index (χ3v) is 14.9. The minimum atomic E-state index is -1.78. The number of nitrogens with two attached hydrogens (primary N) is 1. The molecule has 8 rings (SSSR count). The lowest BCUT2D eigenvalue weighted by atomic mass is 9.91. The van der Waals surface area contributed by atoms with Crippen molar-refractivity contribution < 1.29 is 23.5 Å². The fourth-order valence-electron chi connectivity index (χ4n) is 8.20. The number of aromatic nitrogens is 10. The summed E-state index contributed by atoms with van der Waals surface area (Å²) in [5.74, 6) is -2.16. The van der Waals surface area contributed by atoms with E-state index in [0.29, 0.717) is 60.6 Å². The van der Waals surface area contributed by atoms with Crippen molar-refractivity contribution in [1.82, 2.24) is 48.3 Å². The third-order valence-electron chi connectivity index (χ3n) is 12.3. The van der Waals surface area contributed by atoms with Crippen LogP contribution in [-0.4, -0.2) is 71.2 Å². The van der Waals surface area contributed by atoms with Gasteiger partial charge >= 0.3 is 17.3 Å². The van der Waals surface area contributed by atoms with Crippen molar-refractivity contribution in [2.75, 3.05) is 0 Å². The van der Waals surface area contributed by atoms with Gasteiger partial charge in [-0.2, -0.15) is 20.4 Å². The molecule has 0 amide bonds. The highest BCUT2D eigenvalue weighted by Crippen LogP contribution is 2.33. The fourth-order valence-corrected chi connectivity index (χ4v) is 10.7. The van der Waals surface area contributed by atoms with Crippen molar-refractivity contribution >= 4 is 54.9 Å². The highest BCUT2D eigenvalue weighted by molar-refractivity contribution is 7.21. The number of nitrogens with zero attached hydrogens (tertiary/aromatic N) is 10. The van der Waals surface area contributed by atoms with E-state index in [1.807, 2.05) is 41.5 Å². The summed E-state index contributed by atoms with van der Waals surface area (Å²) in [4.78, 5) is 83.4. The molecule has 0 aliphatic heterocycles. The van der Waals surface area contributed by atoms with Crippen LogP contribution in [0.4, 0.5) is 8.78 Å². The second-order valence-corrected chi connectivity index (χ2v) is 21.5. The number of carboxylic acids is 1. The van der Waals surface area contributed by atoms with E-state index in [-0.39, 0.29) is 48.2 Å². The van der Waals surface area contributed by atoms with Crippen LogP contribution in [0, 0.1) is 45.2 Å². The van der Waals surface area contributed by atoms with E-state index < -0.39 is 39.5 Å². The Morgan fingerprint density at radius 3 is 1.34 bits per heavy atom. The van der Waals surface area contributed by atoms with E-state index in [4.69, 9.17) is 5.73 Å². The first-order chi connectivity index (χ1) is 34.2. The van der Waals surface area contributed by atoms with Crippen molar-refractivity contribution in [2.24, 2.45) is 11.7 Å². The van der Waals surface area contributed by atoms with E-state index in [9.17, 15) is 42.7 Å². The van der Waals surface area contributed by atoms with Gasteiger partial charge in [0.1, 0.15) is 42.4 Å². The largest absolute Gasteiger partial charge is 0.480 e. The predicted octanol–water partition coefficient (Wildman–Crippen LogP) is 7.13. The molecule has 3 N–H and O–H groups in total. The van der Waals surface area contributed by atoms with E-state index in [0.717, 1.165) is 25.8 Å². The Balaban J connectivity index is 0.000000223. The van der Waals surface area contributed by atoms with Gasteiger partial charge in [0.2, 0.25) is 0 Å². The maximum Gasteiger partial charge on any atom is 0.333 e. The van der Waals surface area contributed by atoms with Gasteiger partial charge in [0, 0.05) is 30.6 Å². The molecule has 18 nitrogen and oxygen atoms in total. The lowest BCUT2D eigenvalue weighted by Crippen LogP contribution is -2.52. The summed E-state index contributed by atoms with van der Waals surface area (Å²) >= 11 is 2.42. The number of aliphatic carboxylic acids is 1. The van der Waals surface area contributed by atoms with Gasteiger partial charge in [0.25, 0.3) is 11.1 Å². The molecule has 0 spiro atoms. The van der Waals surface area contributed by atoms with Gasteiger partial charge in [-0.05, 0) is 127 Å². The molecule has 0 saturated carbocycles. The van der Waals surface area contributed by atoms with E-state index in [1.54, 1.807) is 39.8 Å². The zero-order valence-corrected chi connectivity index (χ0v) is 44.6. The summed E-state index contributed by atoms with van der Waals surface area (Å²) in [7, 11) is 0. The lowest BCUT2D eigenvalue weighted by molar-refractivity contribution is -0.146. The molecule has 8 aromatic rings. The SMILES string of the molecule is CC(C)N.Cc1ccc(F)cc1CCn1c(=O)n(C(C)(C)C(=O)CC(C)C)c(=O)c2c(C)c(-n3nccn3)sc21.Cc1ccc(F)cc1CCn1c(=O)n(C(C)(C)C(=O)O)c(=O)c2c(C)c(-n3nccn3)sc21. The molecular weight excluding hydrogens is 981 g/mol. The number of hydrogen-bond acceptors (Lipinski definition) is 13. The van der Waals surface area contributed by atoms with Gasteiger partial charge in [-0.3, -0.25) is 23.5 Å². The number of ketones is 1. The predicted molar refractivity (Wildman–Crippen MR) is 280 cm³/mol. The summed E-state index contributed by atoms with van der Waals surface area (Å²) in [6.45, 7) is 21.2. The van der Waals surface area contributed by atoms with Crippen LogP contribution in [-0.2, 0) is 46.6 Å². The van der Waals surface area contributed by atoms with E-state index >= 15 is 0 Å². The molecule has 0 atom stereocenters. The number of thiophene rings is 2. The smallest absolute Gasteiger partial charge is 0.333 e. The van der Waals surface area contributed by atoms with Gasteiger partial charge < -0.3 is 10.8 Å². The van der Waals surface area contributed by atoms with E-state index in [2.05, 4.69) is 20.4 Å². The molecule has 2 aromatic carbocycles. The standard InChI is InChI=1S/C26H30FN5O3S.C22H22FN5O4S.C3H9N/c1-15(2)13-20(33)26(5,6)31-22(34)21-17(4)23(32-28-10-11-29-32)36-24(21)30(25(31)35)12-9-18-14-19(27)8-7-16(18)3;1-12-5-6-15(23)11-14(12)7-10-26-19-16(13(2)18(33-19)28-24-8-9-25-28)17(29)27(21(26)32)22(3,4)20(30)31;1-3(2)4/h7-8,10-11,14-15H,9,12-13H2,1-6H3;5-6,8-9,11H,7,10H2,1-4H3,(H,30,31);3H,4H2,1-2H3. The molecule has 0 bridgehead atoms. The van der Waals surface area contributed by atoms with Crippen LogP contribution in [0.5, 0.6) is 0 Å². The first kappa shape index (κ1) is 55.3. The maximum atomic E-state index is 13.9. The number of benzene rings is 2. The van der Waals surface area contributed by atoms with Crippen molar-refractivity contribution in [3.63, 3.8) is 0 Å². The number of aryl methyl sites for hydroxylation is 8. The Morgan fingerprint density at radius 2 is 1.00 bits per heavy atom. The first-order valence-electron chi connectivity index (χ1n) is 23.5. The molecule has 6 heterocycles. The number of rotatable bonds is 14. The Morgan fingerprint density at radius 1 is 0.644 bits per heavy atom. The Labute approximate surface area is 427 Å². The number of carbonyl (C=O) groups excluding carboxylic acids is 1. The summed E-state index contributed by atoms with van der Waals surface area (Å²) in [5.41, 5.74) is 3.91. The average Bonchev–Trinajstić information content (AvgIpc) is 4.14. The molecule has 388 valence electrons. The van der Waals surface area contributed by atoms with Crippen LogP contribution in [0.2, 0.25) is 0 Å². The zero-order valence-electron chi connectivity index (χ0n) is 43.0. The third kappa shape index (κ3) is 11.3. The number of carbonyl (C=O) groups is 2. The Hall–Kier alpha value is -7.04. The van der Waals surface area contributed by atoms with Crippen molar-refractivity contribution in [1.29, 1.82) is 0 Å². The number of hydrogen-bond donors (Lipinski definition) is 2. The summed E-state index contributed by atoms with van der Waals surface area (Å²) in [6.07, 6.45) is 7.00. The maximum absolute atomic E-state index is 13.9. The van der Waals surface area contributed by atoms with Gasteiger partial charge in [-0.15, -0.1) is 9.59 Å². The second-order valence-electron chi connectivity index (χ2n) is 19.5. The molecule has 0 saturated heterocycles. The van der Waals surface area contributed by atoms with Crippen LogP contribution in [0.3, 0.4) is 0 Å². The average molecular weight is 1040 g/mol. The van der Waals surface area contributed by atoms with Crippen molar-refractivity contribution in [3.05, 3.63) is 148 Å². The zero-order chi connectivity index (χ0) is 54.0. The van der Waals surface area contributed by atoms with Crippen LogP contribution < -0.4 is 28.2 Å². The Bertz CT molecular complexity index is 3580. The second kappa shape index (κ2) is 22.0. The Kier molecular flexibility index (Phi) is 16.6. The minimum absolute atomic E-state index is 0.0785. The molecule has 0 aliphatic rings. The molecule has 0 fully saturated rings. The van der Waals surface area contributed by atoms with E-state index in [1.165, 1.54) is 104 Å². The van der Waals surface area contributed by atoms with Crippen LogP contribution in [0.25, 0.3) is 30.4 Å². The van der Waals surface area contributed by atoms with Gasteiger partial charge in [-0.1, -0.05) is 62.5 Å². The topological polar surface area (TPSA) is 230 Å². The molecule has 22 heteroatoms. The van der Waals surface area contributed by atoms with Gasteiger partial charge in [0.05, 0.1) is 35.6 Å². The molecule has 0 unspecified atom stereocenters. The highest BCUT2D eigenvalue weighted by atomic mass is 32.1. The number of carboxylic acid groups (broad SMARTS) is 1. The normalized spacial score (nSPS) is 11.8. The summed E-state index contributed by atoms with van der Waals surface area (Å²) in [5, 5.41) is 28.1. The van der Waals surface area contributed by atoms with Crippen LogP contribution in [0.1, 0.15) is 95.2 Å². The monoisotopic (exact) mass is 1040 g/mol. The molecule has 73 heavy (non-hydrogen) atoms. The summed E-state index contributed by atoms with van der Waals surface area (Å²) < 4.78 is 32.5. The molecular formula is C51H61F2N11O7S2. The minimum Gasteiger partial charge on any atom is -0.480 e. The quantitative estimate of drug-likeness (QED) is 0.111. The van der Waals surface area contributed by atoms with Gasteiger partial charge in [0.15, 0.2) is 5.78 Å². The highest BCUT2D eigenvalue weighted by Gasteiger charge is 2.37. The number of Topliss-reactive ketones (excluding diaryl/α,β-unsaturated/α-hetero) is 1. The van der Waals surface area contributed by atoms with Crippen LogP contribution in [0.15, 0.2) is 80.4 Å². The molecule has 6 aromatic heterocycles. The summed E-state index contributed by atoms with van der Waals surface area (Å²) in [6, 6.07) is 9.33.